The first-order valence-corrected chi connectivity index (χ1v) is 13.5. The van der Waals surface area contributed by atoms with Crippen LogP contribution < -0.4 is 11.2 Å². The van der Waals surface area contributed by atoms with E-state index in [1.165, 1.54) is 16.2 Å². The highest BCUT2D eigenvalue weighted by Crippen LogP contribution is 2.30. The van der Waals surface area contributed by atoms with E-state index in [-0.39, 0.29) is 24.7 Å². The van der Waals surface area contributed by atoms with Gasteiger partial charge in [0.25, 0.3) is 5.56 Å². The molecule has 0 unspecified atom stereocenters. The summed E-state index contributed by atoms with van der Waals surface area (Å²) in [6.07, 6.45) is 1.39. The van der Waals surface area contributed by atoms with E-state index in [9.17, 15) is 14.4 Å². The second-order valence-electron chi connectivity index (χ2n) is 10.3. The van der Waals surface area contributed by atoms with Crippen molar-refractivity contribution in [3.8, 4) is 22.5 Å². The maximum absolute atomic E-state index is 13.8. The van der Waals surface area contributed by atoms with Crippen LogP contribution >= 0.6 is 0 Å². The van der Waals surface area contributed by atoms with Gasteiger partial charge in [-0.3, -0.25) is 18.7 Å². The number of H-pyrrole nitrogens is 1. The highest BCUT2D eigenvalue weighted by molar-refractivity contribution is 5.80. The molecular weight excluding hydrogens is 524 g/mol. The number of tetrazole rings is 1. The lowest BCUT2D eigenvalue weighted by molar-refractivity contribution is -0.141. The summed E-state index contributed by atoms with van der Waals surface area (Å²) in [5.74, 6) is 0.631. The molecule has 5 aromatic rings. The van der Waals surface area contributed by atoms with Crippen molar-refractivity contribution in [2.24, 2.45) is 5.92 Å². The van der Waals surface area contributed by atoms with E-state index in [0.717, 1.165) is 28.7 Å². The Morgan fingerprint density at radius 2 is 1.73 bits per heavy atom. The lowest BCUT2D eigenvalue weighted by Crippen LogP contribution is -2.42. The second kappa shape index (κ2) is 11.7. The molecule has 12 heteroatoms. The molecule has 12 nitrogen and oxygen atoms in total. The van der Waals surface area contributed by atoms with Crippen LogP contribution in [-0.2, 0) is 35.6 Å². The fourth-order valence-corrected chi connectivity index (χ4v) is 4.96. The van der Waals surface area contributed by atoms with Crippen LogP contribution in [0.2, 0.25) is 0 Å². The molecule has 5 rings (SSSR count). The van der Waals surface area contributed by atoms with E-state index in [0.29, 0.717) is 30.1 Å². The second-order valence-corrected chi connectivity index (χ2v) is 10.3. The molecule has 0 aliphatic heterocycles. The van der Waals surface area contributed by atoms with E-state index in [4.69, 9.17) is 9.72 Å². The third-order valence-corrected chi connectivity index (χ3v) is 6.85. The summed E-state index contributed by atoms with van der Waals surface area (Å²) in [6.45, 7) is 6.14. The Bertz CT molecular complexity index is 1800. The monoisotopic (exact) mass is 556 g/mol. The average molecular weight is 557 g/mol. The van der Waals surface area contributed by atoms with Crippen LogP contribution in [0.1, 0.15) is 38.6 Å². The number of aromatic amines is 1. The van der Waals surface area contributed by atoms with Gasteiger partial charge in [-0.2, -0.15) is 5.21 Å². The normalized spacial score (nSPS) is 11.4. The number of hydrogen-bond donors (Lipinski definition) is 1. The van der Waals surface area contributed by atoms with Gasteiger partial charge in [-0.15, -0.1) is 10.2 Å². The lowest BCUT2D eigenvalue weighted by Gasteiger charge is -2.14. The predicted octanol–water partition coefficient (Wildman–Crippen LogP) is 3.04. The topological polar surface area (TPSA) is 143 Å². The third kappa shape index (κ3) is 5.45. The highest BCUT2D eigenvalue weighted by Gasteiger charge is 2.23. The molecule has 0 spiro atoms. The molecule has 0 bridgehead atoms. The van der Waals surface area contributed by atoms with Crippen LogP contribution in [-0.4, -0.2) is 52.4 Å². The van der Waals surface area contributed by atoms with E-state index in [2.05, 4.69) is 20.6 Å². The fraction of sp³-hybridized carbons (Fsp3) is 0.345. The Balaban J connectivity index is 1.61. The number of benzene rings is 2. The Hall–Kier alpha value is -4.87. The minimum atomic E-state index is -0.591. The van der Waals surface area contributed by atoms with Gasteiger partial charge in [-0.25, -0.2) is 9.78 Å². The molecule has 212 valence electrons. The maximum Gasteiger partial charge on any atom is 0.333 e. The third-order valence-electron chi connectivity index (χ3n) is 6.85. The van der Waals surface area contributed by atoms with Gasteiger partial charge >= 0.3 is 11.7 Å². The first kappa shape index (κ1) is 27.7. The summed E-state index contributed by atoms with van der Waals surface area (Å²) >= 11 is 0. The number of ether oxygens (including phenoxy) is 1. The number of aromatic nitrogens is 8. The molecule has 3 heterocycles. The quantitative estimate of drug-likeness (QED) is 0.259. The minimum Gasteiger partial charge on any atom is -0.468 e. The molecular formula is C29H32N8O4. The molecule has 2 aromatic carbocycles. The Morgan fingerprint density at radius 3 is 2.37 bits per heavy atom. The molecule has 0 aliphatic carbocycles. The number of methoxy groups -OCH3 is 1. The van der Waals surface area contributed by atoms with Gasteiger partial charge < -0.3 is 9.30 Å². The summed E-state index contributed by atoms with van der Waals surface area (Å²) < 4.78 is 9.15. The zero-order valence-electron chi connectivity index (χ0n) is 23.5. The Kier molecular flexibility index (Phi) is 7.90. The van der Waals surface area contributed by atoms with Crippen molar-refractivity contribution < 1.29 is 9.53 Å². The molecule has 0 amide bonds. The van der Waals surface area contributed by atoms with Crippen LogP contribution in [0.25, 0.3) is 33.7 Å². The van der Waals surface area contributed by atoms with Crippen molar-refractivity contribution in [1.29, 1.82) is 0 Å². The van der Waals surface area contributed by atoms with E-state index >= 15 is 0 Å². The smallest absolute Gasteiger partial charge is 0.333 e. The maximum atomic E-state index is 13.8. The molecule has 41 heavy (non-hydrogen) atoms. The van der Waals surface area contributed by atoms with E-state index in [1.54, 1.807) is 0 Å². The molecule has 0 saturated carbocycles. The summed E-state index contributed by atoms with van der Waals surface area (Å²) in [5.41, 5.74) is 3.24. The van der Waals surface area contributed by atoms with Gasteiger partial charge in [-0.05, 0) is 34.2 Å². The molecule has 0 fully saturated rings. The number of hydrogen-bond acceptors (Lipinski definition) is 8. The molecule has 3 aromatic heterocycles. The zero-order valence-corrected chi connectivity index (χ0v) is 23.5. The van der Waals surface area contributed by atoms with Crippen LogP contribution in [0.5, 0.6) is 0 Å². The number of carbonyl (C=O) groups excluding carboxylic acids is 1. The van der Waals surface area contributed by atoms with Gasteiger partial charge in [0.2, 0.25) is 5.82 Å². The van der Waals surface area contributed by atoms with Crippen LogP contribution in [0.15, 0.2) is 58.1 Å². The number of imidazole rings is 1. The molecule has 0 saturated heterocycles. The lowest BCUT2D eigenvalue weighted by atomic mass is 9.98. The number of esters is 1. The van der Waals surface area contributed by atoms with Crippen molar-refractivity contribution in [2.75, 3.05) is 7.11 Å². The first-order valence-electron chi connectivity index (χ1n) is 13.5. The van der Waals surface area contributed by atoms with Crippen molar-refractivity contribution >= 4 is 17.1 Å². The van der Waals surface area contributed by atoms with Gasteiger partial charge in [0.1, 0.15) is 12.4 Å². The van der Waals surface area contributed by atoms with E-state index < -0.39 is 17.2 Å². The largest absolute Gasteiger partial charge is 0.468 e. The van der Waals surface area contributed by atoms with Crippen LogP contribution in [0, 0.1) is 5.92 Å². The molecule has 0 atom stereocenters. The zero-order chi connectivity index (χ0) is 29.1. The predicted molar refractivity (Wildman–Crippen MR) is 153 cm³/mol. The number of rotatable bonds is 10. The summed E-state index contributed by atoms with van der Waals surface area (Å²) in [6, 6.07) is 15.8. The average Bonchev–Trinajstić information content (AvgIpc) is 3.63. The van der Waals surface area contributed by atoms with Crippen LogP contribution in [0.3, 0.4) is 0 Å². The van der Waals surface area contributed by atoms with Crippen LogP contribution in [0.4, 0.5) is 0 Å². The Morgan fingerprint density at radius 1 is 1.00 bits per heavy atom. The van der Waals surface area contributed by atoms with Crippen molar-refractivity contribution in [1.82, 2.24) is 39.3 Å². The summed E-state index contributed by atoms with van der Waals surface area (Å²) in [7, 11) is 1.26. The van der Waals surface area contributed by atoms with Crippen molar-refractivity contribution in [3.05, 3.63) is 80.8 Å². The van der Waals surface area contributed by atoms with E-state index in [1.807, 2.05) is 73.9 Å². The Labute approximate surface area is 235 Å². The summed E-state index contributed by atoms with van der Waals surface area (Å²) in [5, 5.41) is 14.4. The fourth-order valence-electron chi connectivity index (χ4n) is 4.96. The number of nitrogens with zero attached hydrogens (tertiary/aromatic N) is 7. The molecule has 0 aliphatic rings. The molecule has 0 radical (unpaired) electrons. The molecule has 1 N–H and O–H groups in total. The minimum absolute atomic E-state index is 0.0405. The number of fused-ring (bicyclic) bond motifs is 1. The van der Waals surface area contributed by atoms with Gasteiger partial charge in [0, 0.05) is 25.1 Å². The highest BCUT2D eigenvalue weighted by atomic mass is 16.5. The van der Waals surface area contributed by atoms with Gasteiger partial charge in [-0.1, -0.05) is 69.3 Å². The number of nitrogens with one attached hydrogen (secondary N) is 1. The SMILES string of the molecule is CCCc1nc2c(c(=O)n(CC(C)C)c(=O)n2CC(=O)OC)n1Cc1ccc(-c2ccccc2-c2nn[nH]n2)cc1. The summed E-state index contributed by atoms with van der Waals surface area (Å²) in [4.78, 5) is 44.1. The van der Waals surface area contributed by atoms with Gasteiger partial charge in [0.15, 0.2) is 11.2 Å². The standard InChI is InChI=1S/C29H32N8O4/c1-5-8-23-30-27-25(28(39)37(15-18(2)3)29(40)36(27)17-24(38)41-4)35(23)16-19-11-13-20(14-12-19)21-9-6-7-10-22(21)26-31-33-34-32-26/h6-7,9-14,18H,5,8,15-17H2,1-4H3,(H,31,32,33,34). The first-order chi connectivity index (χ1) is 19.8. The number of carbonyl (C=O) groups is 1. The van der Waals surface area contributed by atoms with Crippen molar-refractivity contribution in [2.45, 2.75) is 53.2 Å². The van der Waals surface area contributed by atoms with Crippen molar-refractivity contribution in [3.63, 3.8) is 0 Å². The number of aryl methyl sites for hydroxylation is 1. The van der Waals surface area contributed by atoms with Gasteiger partial charge in [0.05, 0.1) is 7.11 Å².